The largest absolute Gasteiger partial charge is 0.207 e. The number of rotatable bonds is 5. The molecule has 4 rings (SSSR count). The molecule has 0 spiro atoms. The first-order valence-electron chi connectivity index (χ1n) is 9.69. The van der Waals surface area contributed by atoms with Gasteiger partial charge in [-0.25, -0.2) is 4.39 Å². The SMILES string of the molecule is CC(Cc1ccc(-c2ccc(-c3ccc(F)cc3)cc2)cc1)c1ccccc1. The second-order valence-corrected chi connectivity index (χ2v) is 7.30. The first-order valence-corrected chi connectivity index (χ1v) is 9.69. The standard InChI is InChI=1S/C27H23F/c1-20(22-5-3-2-4-6-22)19-21-7-9-23(10-8-21)24-11-13-25(14-12-24)26-15-17-27(28)18-16-26/h2-18,20H,19H2,1H3. The van der Waals surface area contributed by atoms with Gasteiger partial charge in [-0.3, -0.25) is 0 Å². The summed E-state index contributed by atoms with van der Waals surface area (Å²) in [4.78, 5) is 0. The fourth-order valence-corrected chi connectivity index (χ4v) is 3.58. The molecule has 4 aromatic carbocycles. The van der Waals surface area contributed by atoms with Gasteiger partial charge in [-0.05, 0) is 57.9 Å². The lowest BCUT2D eigenvalue weighted by Gasteiger charge is -2.12. The van der Waals surface area contributed by atoms with E-state index < -0.39 is 0 Å². The molecule has 0 aliphatic heterocycles. The lowest BCUT2D eigenvalue weighted by atomic mass is 9.92. The zero-order valence-electron chi connectivity index (χ0n) is 16.0. The third-order valence-electron chi connectivity index (χ3n) is 5.26. The van der Waals surface area contributed by atoms with E-state index in [0.29, 0.717) is 5.92 Å². The monoisotopic (exact) mass is 366 g/mol. The van der Waals surface area contributed by atoms with E-state index in [2.05, 4.69) is 85.8 Å². The summed E-state index contributed by atoms with van der Waals surface area (Å²) in [6.45, 7) is 2.28. The van der Waals surface area contributed by atoms with E-state index in [-0.39, 0.29) is 5.82 Å². The summed E-state index contributed by atoms with van der Waals surface area (Å²) >= 11 is 0. The molecule has 0 nitrogen and oxygen atoms in total. The predicted octanol–water partition coefficient (Wildman–Crippen LogP) is 7.51. The second-order valence-electron chi connectivity index (χ2n) is 7.30. The topological polar surface area (TPSA) is 0 Å². The maximum Gasteiger partial charge on any atom is 0.123 e. The molecule has 0 aliphatic carbocycles. The highest BCUT2D eigenvalue weighted by atomic mass is 19.1. The molecule has 0 aliphatic rings. The molecule has 0 radical (unpaired) electrons. The van der Waals surface area contributed by atoms with Crippen molar-refractivity contribution in [1.82, 2.24) is 0 Å². The van der Waals surface area contributed by atoms with Gasteiger partial charge in [0.1, 0.15) is 5.82 Å². The van der Waals surface area contributed by atoms with E-state index in [9.17, 15) is 4.39 Å². The van der Waals surface area contributed by atoms with Crippen LogP contribution in [0.15, 0.2) is 103 Å². The quantitative estimate of drug-likeness (QED) is 0.343. The van der Waals surface area contributed by atoms with Crippen LogP contribution in [0.25, 0.3) is 22.3 Å². The zero-order chi connectivity index (χ0) is 19.3. The average molecular weight is 366 g/mol. The van der Waals surface area contributed by atoms with Crippen LogP contribution in [0.1, 0.15) is 24.0 Å². The maximum atomic E-state index is 13.1. The summed E-state index contributed by atoms with van der Waals surface area (Å²) in [6.07, 6.45) is 1.04. The van der Waals surface area contributed by atoms with E-state index in [1.165, 1.54) is 34.4 Å². The molecule has 0 aromatic heterocycles. The molecule has 0 heterocycles. The van der Waals surface area contributed by atoms with Crippen molar-refractivity contribution in [3.63, 3.8) is 0 Å². The lowest BCUT2D eigenvalue weighted by Crippen LogP contribution is -1.98. The van der Waals surface area contributed by atoms with Gasteiger partial charge >= 0.3 is 0 Å². The Kier molecular flexibility index (Phi) is 5.34. The summed E-state index contributed by atoms with van der Waals surface area (Å²) in [5, 5.41) is 0. The van der Waals surface area contributed by atoms with Gasteiger partial charge < -0.3 is 0 Å². The van der Waals surface area contributed by atoms with Crippen LogP contribution in [-0.2, 0) is 6.42 Å². The summed E-state index contributed by atoms with van der Waals surface area (Å²) in [5.74, 6) is 0.295. The number of halogens is 1. The normalized spacial score (nSPS) is 11.9. The minimum absolute atomic E-state index is 0.206. The van der Waals surface area contributed by atoms with E-state index >= 15 is 0 Å². The van der Waals surface area contributed by atoms with Crippen molar-refractivity contribution in [2.45, 2.75) is 19.3 Å². The molecule has 4 aromatic rings. The highest BCUT2D eigenvalue weighted by Crippen LogP contribution is 2.26. The van der Waals surface area contributed by atoms with Crippen molar-refractivity contribution in [2.75, 3.05) is 0 Å². The summed E-state index contributed by atoms with van der Waals surface area (Å²) in [7, 11) is 0. The highest BCUT2D eigenvalue weighted by Gasteiger charge is 2.07. The summed E-state index contributed by atoms with van der Waals surface area (Å²) in [5.41, 5.74) is 7.25. The molecule has 0 saturated heterocycles. The van der Waals surface area contributed by atoms with Gasteiger partial charge in [-0.15, -0.1) is 0 Å². The number of benzene rings is 4. The third-order valence-corrected chi connectivity index (χ3v) is 5.26. The minimum Gasteiger partial charge on any atom is -0.207 e. The molecule has 0 bridgehead atoms. The van der Waals surface area contributed by atoms with Crippen molar-refractivity contribution < 1.29 is 4.39 Å². The van der Waals surface area contributed by atoms with Crippen molar-refractivity contribution in [3.05, 3.63) is 120 Å². The Morgan fingerprint density at radius 2 is 1.00 bits per heavy atom. The van der Waals surface area contributed by atoms with Crippen molar-refractivity contribution in [3.8, 4) is 22.3 Å². The molecule has 28 heavy (non-hydrogen) atoms. The van der Waals surface area contributed by atoms with Gasteiger partial charge in [0.2, 0.25) is 0 Å². The first-order chi connectivity index (χ1) is 13.7. The Morgan fingerprint density at radius 3 is 1.50 bits per heavy atom. The summed E-state index contributed by atoms with van der Waals surface area (Å²) < 4.78 is 13.1. The van der Waals surface area contributed by atoms with Crippen LogP contribution in [0.5, 0.6) is 0 Å². The smallest absolute Gasteiger partial charge is 0.123 e. The number of hydrogen-bond acceptors (Lipinski definition) is 0. The fraction of sp³-hybridized carbons (Fsp3) is 0.111. The van der Waals surface area contributed by atoms with Gasteiger partial charge in [0.05, 0.1) is 0 Å². The molecule has 0 amide bonds. The molecule has 0 fully saturated rings. The van der Waals surface area contributed by atoms with E-state index in [4.69, 9.17) is 0 Å². The zero-order valence-corrected chi connectivity index (χ0v) is 16.0. The first kappa shape index (κ1) is 18.2. The Hall–Kier alpha value is -3.19. The molecule has 0 N–H and O–H groups in total. The minimum atomic E-state index is -0.206. The molecular weight excluding hydrogens is 343 g/mol. The van der Waals surface area contributed by atoms with Gasteiger partial charge in [0, 0.05) is 0 Å². The Balaban J connectivity index is 1.47. The Bertz CT molecular complexity index is 1010. The van der Waals surface area contributed by atoms with Gasteiger partial charge in [0.25, 0.3) is 0 Å². The van der Waals surface area contributed by atoms with Crippen LogP contribution in [0, 0.1) is 5.82 Å². The maximum absolute atomic E-state index is 13.1. The Morgan fingerprint density at radius 1 is 0.571 bits per heavy atom. The fourth-order valence-electron chi connectivity index (χ4n) is 3.58. The van der Waals surface area contributed by atoms with Crippen LogP contribution in [0.4, 0.5) is 4.39 Å². The van der Waals surface area contributed by atoms with Crippen LogP contribution >= 0.6 is 0 Å². The molecular formula is C27H23F. The van der Waals surface area contributed by atoms with E-state index in [1.54, 1.807) is 0 Å². The van der Waals surface area contributed by atoms with Crippen LogP contribution in [0.2, 0.25) is 0 Å². The lowest BCUT2D eigenvalue weighted by molar-refractivity contribution is 0.628. The molecule has 1 unspecified atom stereocenters. The van der Waals surface area contributed by atoms with E-state index in [0.717, 1.165) is 17.5 Å². The molecule has 1 atom stereocenters. The van der Waals surface area contributed by atoms with Crippen LogP contribution in [-0.4, -0.2) is 0 Å². The Labute approximate surface area is 166 Å². The van der Waals surface area contributed by atoms with Crippen molar-refractivity contribution in [1.29, 1.82) is 0 Å². The van der Waals surface area contributed by atoms with Crippen molar-refractivity contribution in [2.24, 2.45) is 0 Å². The van der Waals surface area contributed by atoms with Gasteiger partial charge in [-0.1, -0.05) is 97.9 Å². The number of hydrogen-bond donors (Lipinski definition) is 0. The molecule has 0 saturated carbocycles. The molecule has 138 valence electrons. The van der Waals surface area contributed by atoms with Gasteiger partial charge in [0.15, 0.2) is 0 Å². The second kappa shape index (κ2) is 8.22. The predicted molar refractivity (Wildman–Crippen MR) is 116 cm³/mol. The highest BCUT2D eigenvalue weighted by molar-refractivity contribution is 5.70. The van der Waals surface area contributed by atoms with E-state index in [1.807, 2.05) is 12.1 Å². The van der Waals surface area contributed by atoms with Gasteiger partial charge in [-0.2, -0.15) is 0 Å². The molecule has 1 heteroatoms. The summed E-state index contributed by atoms with van der Waals surface area (Å²) in [6, 6.07) is 34.6. The van der Waals surface area contributed by atoms with Crippen molar-refractivity contribution >= 4 is 0 Å². The van der Waals surface area contributed by atoms with Crippen LogP contribution < -0.4 is 0 Å². The average Bonchev–Trinajstić information content (AvgIpc) is 2.76. The third kappa shape index (κ3) is 4.20. The van der Waals surface area contributed by atoms with Crippen LogP contribution in [0.3, 0.4) is 0 Å².